The molecule has 8 heteroatoms. The van der Waals surface area contributed by atoms with Gasteiger partial charge >= 0.3 is 0 Å². The fourth-order valence-corrected chi connectivity index (χ4v) is 5.79. The Bertz CT molecular complexity index is 1310. The average molecular weight is 421 g/mol. The minimum Gasteiger partial charge on any atom is -0.373 e. The fourth-order valence-electron chi connectivity index (χ4n) is 4.68. The lowest BCUT2D eigenvalue weighted by Gasteiger charge is -2.25. The molecule has 2 aliphatic rings. The standard InChI is InChI=1S/C22H21N5O2S/c28-22-19-18(24-13-27(22)16-7-3-4-8-23-16)17-14-5-1-2-6-15(14)20(25-21(17)30-19)26-9-11-29-12-10-26/h3-4,7-8,13H,1-2,5-6,9-12H2/p+1. The van der Waals surface area contributed by atoms with E-state index in [0.29, 0.717) is 10.5 Å². The van der Waals surface area contributed by atoms with E-state index in [4.69, 9.17) is 9.72 Å². The van der Waals surface area contributed by atoms with Crippen LogP contribution in [0, 0.1) is 0 Å². The number of ether oxygens (including phenoxy) is 1. The lowest BCUT2D eigenvalue weighted by Crippen LogP contribution is -2.40. The summed E-state index contributed by atoms with van der Waals surface area (Å²) >= 11 is 1.51. The number of thiophene rings is 1. The van der Waals surface area contributed by atoms with Gasteiger partial charge in [0, 0.05) is 11.8 Å². The molecule has 7 nitrogen and oxygen atoms in total. The van der Waals surface area contributed by atoms with E-state index in [0.717, 1.165) is 54.9 Å². The van der Waals surface area contributed by atoms with Crippen molar-refractivity contribution in [2.24, 2.45) is 0 Å². The normalized spacial score (nSPS) is 16.9. The SMILES string of the molecule is O=c1c2sc3[nH+]c(N4CCOCC4)c4c(c3c2ncn1-c1ccccn1)CCCC4. The first-order chi connectivity index (χ1) is 14.8. The van der Waals surface area contributed by atoms with Crippen LogP contribution >= 0.6 is 11.3 Å². The van der Waals surface area contributed by atoms with Crippen molar-refractivity contribution in [1.29, 1.82) is 0 Å². The van der Waals surface area contributed by atoms with Crippen LogP contribution in [-0.4, -0.2) is 40.8 Å². The zero-order chi connectivity index (χ0) is 20.1. The van der Waals surface area contributed by atoms with Crippen LogP contribution in [-0.2, 0) is 17.6 Å². The van der Waals surface area contributed by atoms with Gasteiger partial charge in [0.2, 0.25) is 0 Å². The maximum atomic E-state index is 13.3. The van der Waals surface area contributed by atoms with E-state index in [1.54, 1.807) is 12.5 Å². The maximum Gasteiger partial charge on any atom is 0.279 e. The summed E-state index contributed by atoms with van der Waals surface area (Å²) in [5, 5.41) is 1.13. The van der Waals surface area contributed by atoms with Gasteiger partial charge in [-0.1, -0.05) is 17.4 Å². The molecule has 30 heavy (non-hydrogen) atoms. The van der Waals surface area contributed by atoms with Gasteiger partial charge < -0.3 is 4.74 Å². The number of aromatic nitrogens is 4. The minimum atomic E-state index is -0.0641. The first-order valence-electron chi connectivity index (χ1n) is 10.5. The molecule has 0 spiro atoms. The third-order valence-electron chi connectivity index (χ3n) is 6.11. The molecule has 0 atom stereocenters. The van der Waals surface area contributed by atoms with Crippen LogP contribution in [0.3, 0.4) is 0 Å². The summed E-state index contributed by atoms with van der Waals surface area (Å²) < 4.78 is 7.78. The van der Waals surface area contributed by atoms with Gasteiger partial charge in [-0.25, -0.2) is 19.5 Å². The number of rotatable bonds is 2. The number of nitrogens with one attached hydrogen (secondary N) is 1. The fraction of sp³-hybridized carbons (Fsp3) is 0.364. The molecule has 0 saturated carbocycles. The van der Waals surface area contributed by atoms with Gasteiger partial charge in [-0.3, -0.25) is 9.69 Å². The molecule has 0 radical (unpaired) electrons. The number of anilines is 1. The van der Waals surface area contributed by atoms with Gasteiger partial charge in [0.1, 0.15) is 35.5 Å². The molecular formula is C22H22N5O2S+. The van der Waals surface area contributed by atoms with E-state index >= 15 is 0 Å². The second-order valence-electron chi connectivity index (χ2n) is 7.83. The van der Waals surface area contributed by atoms with Crippen LogP contribution in [0.5, 0.6) is 0 Å². The molecule has 0 amide bonds. The van der Waals surface area contributed by atoms with Gasteiger partial charge in [-0.05, 0) is 43.4 Å². The molecule has 6 rings (SSSR count). The number of aryl methyl sites for hydroxylation is 1. The minimum absolute atomic E-state index is 0.0641. The zero-order valence-electron chi connectivity index (χ0n) is 16.6. The second-order valence-corrected chi connectivity index (χ2v) is 8.85. The summed E-state index contributed by atoms with van der Waals surface area (Å²) in [6.45, 7) is 3.29. The maximum absolute atomic E-state index is 13.3. The van der Waals surface area contributed by atoms with Crippen molar-refractivity contribution in [2.45, 2.75) is 25.7 Å². The zero-order valence-corrected chi connectivity index (χ0v) is 17.4. The molecule has 0 unspecified atom stereocenters. The number of H-pyrrole nitrogens is 1. The number of fused-ring (bicyclic) bond motifs is 5. The van der Waals surface area contributed by atoms with Crippen LogP contribution in [0.2, 0.25) is 0 Å². The first kappa shape index (κ1) is 18.0. The number of morpholine rings is 1. The van der Waals surface area contributed by atoms with Crippen LogP contribution in [0.25, 0.3) is 26.3 Å². The van der Waals surface area contributed by atoms with Crippen molar-refractivity contribution in [3.8, 4) is 5.82 Å². The second kappa shape index (κ2) is 7.14. The van der Waals surface area contributed by atoms with E-state index in [9.17, 15) is 4.79 Å². The lowest BCUT2D eigenvalue weighted by atomic mass is 9.90. The summed E-state index contributed by atoms with van der Waals surface area (Å²) in [5.74, 6) is 1.80. The Kier molecular flexibility index (Phi) is 4.28. The van der Waals surface area contributed by atoms with E-state index in [-0.39, 0.29) is 5.56 Å². The molecule has 0 bridgehead atoms. The van der Waals surface area contributed by atoms with E-state index in [2.05, 4.69) is 14.9 Å². The largest absolute Gasteiger partial charge is 0.373 e. The van der Waals surface area contributed by atoms with Crippen molar-refractivity contribution in [3.05, 3.63) is 52.2 Å². The highest BCUT2D eigenvalue weighted by Crippen LogP contribution is 2.38. The van der Waals surface area contributed by atoms with Crippen molar-refractivity contribution >= 4 is 37.6 Å². The molecule has 1 N–H and O–H groups in total. The van der Waals surface area contributed by atoms with Crippen LogP contribution in [0.1, 0.15) is 24.0 Å². The lowest BCUT2D eigenvalue weighted by molar-refractivity contribution is -0.328. The number of pyridine rings is 2. The Morgan fingerprint density at radius 2 is 1.90 bits per heavy atom. The highest BCUT2D eigenvalue weighted by Gasteiger charge is 2.30. The van der Waals surface area contributed by atoms with Crippen LogP contribution in [0.15, 0.2) is 35.5 Å². The highest BCUT2D eigenvalue weighted by atomic mass is 32.1. The summed E-state index contributed by atoms with van der Waals surface area (Å²) in [5.41, 5.74) is 3.51. The third kappa shape index (κ3) is 2.74. The van der Waals surface area contributed by atoms with Gasteiger partial charge in [0.25, 0.3) is 11.4 Å². The molecule has 1 saturated heterocycles. The predicted molar refractivity (Wildman–Crippen MR) is 117 cm³/mol. The van der Waals surface area contributed by atoms with E-state index in [1.807, 2.05) is 18.2 Å². The van der Waals surface area contributed by atoms with Crippen LogP contribution in [0.4, 0.5) is 5.82 Å². The number of nitrogens with zero attached hydrogens (tertiary/aromatic N) is 4. The quantitative estimate of drug-likeness (QED) is 0.498. The predicted octanol–water partition coefficient (Wildman–Crippen LogP) is 2.52. The number of aromatic amines is 1. The Hall–Kier alpha value is -2.84. The highest BCUT2D eigenvalue weighted by molar-refractivity contribution is 7.25. The molecule has 1 aliphatic heterocycles. The Morgan fingerprint density at radius 3 is 2.70 bits per heavy atom. The van der Waals surface area contributed by atoms with Gasteiger partial charge in [-0.15, -0.1) is 0 Å². The summed E-state index contributed by atoms with van der Waals surface area (Å²) in [4.78, 5) is 29.5. The van der Waals surface area contributed by atoms with E-state index < -0.39 is 0 Å². The summed E-state index contributed by atoms with van der Waals surface area (Å²) in [6.07, 6.45) is 7.79. The smallest absolute Gasteiger partial charge is 0.279 e. The number of hydrogen-bond donors (Lipinski definition) is 0. The molecule has 5 heterocycles. The topological polar surface area (TPSA) is 74.4 Å². The Balaban J connectivity index is 1.61. The van der Waals surface area contributed by atoms with Crippen LogP contribution < -0.4 is 15.4 Å². The Labute approximate surface area is 177 Å². The van der Waals surface area contributed by atoms with Crippen molar-refractivity contribution in [3.63, 3.8) is 0 Å². The van der Waals surface area contributed by atoms with Gasteiger partial charge in [0.15, 0.2) is 4.83 Å². The van der Waals surface area contributed by atoms with E-state index in [1.165, 1.54) is 45.7 Å². The van der Waals surface area contributed by atoms with Gasteiger partial charge in [0.05, 0.1) is 18.6 Å². The summed E-state index contributed by atoms with van der Waals surface area (Å²) in [6, 6.07) is 5.55. The van der Waals surface area contributed by atoms with Gasteiger partial charge in [-0.2, -0.15) is 0 Å². The number of hydrogen-bond acceptors (Lipinski definition) is 6. The average Bonchev–Trinajstić information content (AvgIpc) is 3.20. The molecule has 4 aromatic rings. The molecule has 1 aliphatic carbocycles. The molecule has 1 fully saturated rings. The molecular weight excluding hydrogens is 398 g/mol. The molecule has 0 aromatic carbocycles. The van der Waals surface area contributed by atoms with Crippen molar-refractivity contribution in [2.75, 3.05) is 31.2 Å². The molecule has 152 valence electrons. The third-order valence-corrected chi connectivity index (χ3v) is 7.19. The summed E-state index contributed by atoms with van der Waals surface area (Å²) in [7, 11) is 0. The Morgan fingerprint density at radius 1 is 1.07 bits per heavy atom. The first-order valence-corrected chi connectivity index (χ1v) is 11.3. The molecule has 4 aromatic heterocycles. The van der Waals surface area contributed by atoms with Crippen molar-refractivity contribution < 1.29 is 9.72 Å². The van der Waals surface area contributed by atoms with Crippen molar-refractivity contribution in [1.82, 2.24) is 14.5 Å². The monoisotopic (exact) mass is 420 g/mol.